The first-order chi connectivity index (χ1) is 19.8. The highest BCUT2D eigenvalue weighted by atomic mass is 19.4. The lowest BCUT2D eigenvalue weighted by Gasteiger charge is -2.31. The number of ether oxygens (including phenoxy) is 1. The molecule has 3 heterocycles. The minimum atomic E-state index is -5.34. The number of primary amides is 1. The third kappa shape index (κ3) is 4.75. The van der Waals surface area contributed by atoms with Gasteiger partial charge in [-0.05, 0) is 55.5 Å². The maximum absolute atomic E-state index is 14.6. The summed E-state index contributed by atoms with van der Waals surface area (Å²) in [6.07, 6.45) is -3.78. The molecule has 0 saturated heterocycles. The fourth-order valence-electron chi connectivity index (χ4n) is 4.76. The smallest absolute Gasteiger partial charge is 0.424 e. The van der Waals surface area contributed by atoms with Crippen molar-refractivity contribution in [1.29, 1.82) is 0 Å². The van der Waals surface area contributed by atoms with E-state index in [0.29, 0.717) is 16.6 Å². The predicted octanol–water partition coefficient (Wildman–Crippen LogP) is 3.79. The van der Waals surface area contributed by atoms with Crippen LogP contribution in [0, 0.1) is 5.82 Å². The summed E-state index contributed by atoms with van der Waals surface area (Å²) >= 11 is 0. The average molecular weight is 584 g/mol. The summed E-state index contributed by atoms with van der Waals surface area (Å²) < 4.78 is 63.2. The molecule has 0 spiro atoms. The summed E-state index contributed by atoms with van der Waals surface area (Å²) in [5, 5.41) is 16.8. The van der Waals surface area contributed by atoms with Crippen molar-refractivity contribution in [3.8, 4) is 17.0 Å². The molecule has 13 heteroatoms. The van der Waals surface area contributed by atoms with Gasteiger partial charge in [0.15, 0.2) is 0 Å². The van der Waals surface area contributed by atoms with Gasteiger partial charge in [-0.15, -0.1) is 0 Å². The van der Waals surface area contributed by atoms with Gasteiger partial charge in [-0.2, -0.15) is 13.2 Å². The second kappa shape index (κ2) is 10.2. The van der Waals surface area contributed by atoms with E-state index in [9.17, 15) is 32.3 Å². The lowest BCUT2D eigenvalue weighted by Crippen LogP contribution is -2.51. The molecule has 5 rings (SSSR count). The molecular weight excluding hydrogens is 558 g/mol. The number of halogens is 4. The lowest BCUT2D eigenvalue weighted by atomic mass is 9.81. The molecule has 2 atom stereocenters. The van der Waals surface area contributed by atoms with Crippen molar-refractivity contribution >= 4 is 28.4 Å². The van der Waals surface area contributed by atoms with E-state index in [1.807, 2.05) is 0 Å². The molecule has 5 N–H and O–H groups in total. The Hall–Kier alpha value is -4.78. The van der Waals surface area contributed by atoms with Crippen LogP contribution in [-0.2, 0) is 15.8 Å². The van der Waals surface area contributed by atoms with Crippen molar-refractivity contribution in [2.45, 2.75) is 24.1 Å². The Kier molecular flexibility index (Phi) is 7.01. The zero-order valence-electron chi connectivity index (χ0n) is 22.3. The van der Waals surface area contributed by atoms with Crippen molar-refractivity contribution in [3.63, 3.8) is 0 Å². The molecule has 1 aliphatic rings. The van der Waals surface area contributed by atoms with Crippen molar-refractivity contribution in [2.75, 3.05) is 25.5 Å². The van der Waals surface area contributed by atoms with Gasteiger partial charge in [-0.3, -0.25) is 14.6 Å². The SMILES string of the molecule is CNc1cc(C(=O)NCC(O)(c2cc3c(c(-c4ccc(F)cc4)n2)OC[C@]3(C)C(N)=O)C(F)(F)F)cc2cccnc12. The second-order valence-electron chi connectivity index (χ2n) is 10.1. The summed E-state index contributed by atoms with van der Waals surface area (Å²) in [4.78, 5) is 33.8. The fraction of sp³-hybridized carbons (Fsp3) is 0.241. The maximum atomic E-state index is 14.6. The normalized spacial score (nSPS) is 17.7. The number of nitrogens with zero attached hydrogens (tertiary/aromatic N) is 2. The zero-order chi connectivity index (χ0) is 30.4. The summed E-state index contributed by atoms with van der Waals surface area (Å²) in [6, 6.07) is 11.8. The molecular formula is C29H25F4N5O4. The third-order valence-corrected chi connectivity index (χ3v) is 7.37. The Balaban J connectivity index is 1.59. The van der Waals surface area contributed by atoms with Crippen LogP contribution in [0.3, 0.4) is 0 Å². The van der Waals surface area contributed by atoms with E-state index in [0.717, 1.165) is 18.2 Å². The van der Waals surface area contributed by atoms with Crippen LogP contribution in [0.15, 0.2) is 60.8 Å². The van der Waals surface area contributed by atoms with E-state index in [4.69, 9.17) is 10.5 Å². The van der Waals surface area contributed by atoms with Crippen LogP contribution in [0.25, 0.3) is 22.2 Å². The van der Waals surface area contributed by atoms with Gasteiger partial charge in [0.05, 0.1) is 23.4 Å². The van der Waals surface area contributed by atoms with Gasteiger partial charge in [0.25, 0.3) is 5.91 Å². The number of hydrogen-bond donors (Lipinski definition) is 4. The summed E-state index contributed by atoms with van der Waals surface area (Å²) in [7, 11) is 1.61. The number of nitrogens with two attached hydrogens (primary N) is 1. The molecule has 1 aliphatic heterocycles. The number of aliphatic hydroxyl groups is 1. The molecule has 218 valence electrons. The van der Waals surface area contributed by atoms with Gasteiger partial charge < -0.3 is 26.2 Å². The number of carbonyl (C=O) groups excluding carboxylic acids is 2. The number of carbonyl (C=O) groups is 2. The first-order valence-corrected chi connectivity index (χ1v) is 12.7. The molecule has 2 amide bonds. The van der Waals surface area contributed by atoms with Crippen LogP contribution in [0.5, 0.6) is 5.75 Å². The molecule has 0 radical (unpaired) electrons. The molecule has 42 heavy (non-hydrogen) atoms. The van der Waals surface area contributed by atoms with Crippen molar-refractivity contribution < 1.29 is 37.0 Å². The number of amides is 2. The molecule has 9 nitrogen and oxygen atoms in total. The van der Waals surface area contributed by atoms with E-state index in [1.165, 1.54) is 31.2 Å². The highest BCUT2D eigenvalue weighted by Gasteiger charge is 2.57. The monoisotopic (exact) mass is 583 g/mol. The van der Waals surface area contributed by atoms with Crippen LogP contribution in [0.2, 0.25) is 0 Å². The van der Waals surface area contributed by atoms with Crippen LogP contribution >= 0.6 is 0 Å². The Labute approximate surface area is 236 Å². The van der Waals surface area contributed by atoms with E-state index >= 15 is 0 Å². The predicted molar refractivity (Wildman–Crippen MR) is 145 cm³/mol. The first-order valence-electron chi connectivity index (χ1n) is 12.7. The Bertz CT molecular complexity index is 1710. The van der Waals surface area contributed by atoms with Gasteiger partial charge in [-0.25, -0.2) is 9.37 Å². The number of hydrogen-bond acceptors (Lipinski definition) is 7. The minimum Gasteiger partial charge on any atom is -0.489 e. The number of fused-ring (bicyclic) bond motifs is 2. The number of alkyl halides is 3. The molecule has 2 aromatic carbocycles. The fourth-order valence-corrected chi connectivity index (χ4v) is 4.76. The number of pyridine rings is 2. The molecule has 1 unspecified atom stereocenters. The van der Waals surface area contributed by atoms with Crippen LogP contribution in [0.4, 0.5) is 23.2 Å². The first kappa shape index (κ1) is 28.7. The van der Waals surface area contributed by atoms with Crippen LogP contribution < -0.4 is 21.1 Å². The number of aromatic nitrogens is 2. The van der Waals surface area contributed by atoms with Gasteiger partial charge in [0, 0.05) is 35.3 Å². The third-order valence-electron chi connectivity index (χ3n) is 7.37. The Morgan fingerprint density at radius 3 is 2.50 bits per heavy atom. The van der Waals surface area contributed by atoms with Crippen molar-refractivity contribution in [3.05, 3.63) is 83.4 Å². The lowest BCUT2D eigenvalue weighted by molar-refractivity contribution is -0.265. The summed E-state index contributed by atoms with van der Waals surface area (Å²) in [6.45, 7) is -0.220. The van der Waals surface area contributed by atoms with Gasteiger partial charge >= 0.3 is 6.18 Å². The topological polar surface area (TPSA) is 139 Å². The maximum Gasteiger partial charge on any atom is 0.424 e. The van der Waals surface area contributed by atoms with Crippen LogP contribution in [-0.4, -0.2) is 53.3 Å². The average Bonchev–Trinajstić information content (AvgIpc) is 3.32. The van der Waals surface area contributed by atoms with Crippen molar-refractivity contribution in [2.24, 2.45) is 5.73 Å². The molecule has 4 aromatic rings. The second-order valence-corrected chi connectivity index (χ2v) is 10.1. The van der Waals surface area contributed by atoms with E-state index in [1.54, 1.807) is 25.4 Å². The van der Waals surface area contributed by atoms with E-state index < -0.39 is 47.1 Å². The number of nitrogens with one attached hydrogen (secondary N) is 2. The number of anilines is 1. The molecule has 0 saturated carbocycles. The van der Waals surface area contributed by atoms with Gasteiger partial charge in [0.1, 0.15) is 29.3 Å². The Morgan fingerprint density at radius 2 is 1.86 bits per heavy atom. The Morgan fingerprint density at radius 1 is 1.14 bits per heavy atom. The molecule has 0 aliphatic carbocycles. The minimum absolute atomic E-state index is 0.0213. The van der Waals surface area contributed by atoms with Gasteiger partial charge in [0.2, 0.25) is 11.5 Å². The quantitative estimate of drug-likeness (QED) is 0.243. The van der Waals surface area contributed by atoms with Crippen molar-refractivity contribution in [1.82, 2.24) is 15.3 Å². The van der Waals surface area contributed by atoms with Crippen LogP contribution in [0.1, 0.15) is 28.5 Å². The number of benzene rings is 2. The highest BCUT2D eigenvalue weighted by molar-refractivity contribution is 6.02. The molecule has 0 bridgehead atoms. The summed E-state index contributed by atoms with van der Waals surface area (Å²) in [5.41, 5.74) is 0.425. The molecule has 2 aromatic heterocycles. The van der Waals surface area contributed by atoms with Gasteiger partial charge in [-0.1, -0.05) is 6.07 Å². The molecule has 0 fully saturated rings. The standard InChI is InChI=1S/C29H25F4N5O4/c1-27(26(34)40)14-42-24-19(27)12-21(38-23(24)15-5-7-18(30)8-6-15)28(41,29(31,32)33)13-37-25(39)17-10-16-4-3-9-36-22(16)20(11-17)35-2/h3-12,35,41H,13-14H2,1-2H3,(H2,34,40)(H,37,39)/t27-,28?/m0/s1. The zero-order valence-corrected chi connectivity index (χ0v) is 22.3. The van der Waals surface area contributed by atoms with E-state index in [-0.39, 0.29) is 34.7 Å². The number of rotatable bonds is 7. The van der Waals surface area contributed by atoms with E-state index in [2.05, 4.69) is 20.6 Å². The summed E-state index contributed by atoms with van der Waals surface area (Å²) in [5.74, 6) is -2.40. The highest BCUT2D eigenvalue weighted by Crippen LogP contribution is 2.47. The largest absolute Gasteiger partial charge is 0.489 e.